The van der Waals surface area contributed by atoms with Gasteiger partial charge in [-0.15, -0.1) is 0 Å². The van der Waals surface area contributed by atoms with Gasteiger partial charge in [0.1, 0.15) is 0 Å². The minimum absolute atomic E-state index is 0.224. The molecule has 3 amide bonds. The monoisotopic (exact) mass is 305 g/mol. The van der Waals surface area contributed by atoms with E-state index in [1.165, 1.54) is 13.8 Å². The van der Waals surface area contributed by atoms with Gasteiger partial charge in [0.2, 0.25) is 11.8 Å². The Balaban J connectivity index is 3.14. The first kappa shape index (κ1) is 17.7. The second-order valence-electron chi connectivity index (χ2n) is 5.81. The molecule has 0 heterocycles. The van der Waals surface area contributed by atoms with Crippen LogP contribution in [-0.4, -0.2) is 23.3 Å². The molecule has 22 heavy (non-hydrogen) atoms. The van der Waals surface area contributed by atoms with Gasteiger partial charge < -0.3 is 16.0 Å². The van der Waals surface area contributed by atoms with E-state index in [0.717, 1.165) is 6.42 Å². The van der Waals surface area contributed by atoms with Crippen LogP contribution in [0.3, 0.4) is 0 Å². The van der Waals surface area contributed by atoms with Gasteiger partial charge in [0.05, 0.1) is 11.3 Å². The van der Waals surface area contributed by atoms with Crippen LogP contribution < -0.4 is 16.0 Å². The zero-order chi connectivity index (χ0) is 16.9. The number of carbonyl (C=O) groups is 3. The van der Waals surface area contributed by atoms with E-state index >= 15 is 0 Å². The maximum atomic E-state index is 12.4. The summed E-state index contributed by atoms with van der Waals surface area (Å²) in [7, 11) is 0. The summed E-state index contributed by atoms with van der Waals surface area (Å²) < 4.78 is 0. The lowest BCUT2D eigenvalue weighted by atomic mass is 10.0. The van der Waals surface area contributed by atoms with E-state index in [9.17, 15) is 14.4 Å². The molecule has 1 aromatic carbocycles. The standard InChI is InChI=1S/C16H23N3O3/c1-6-16(4,5)19-15(22)13-8-7-12(17-10(2)20)9-14(13)18-11(3)21/h7-9H,6H2,1-5H3,(H,17,20)(H,18,21)(H,19,22). The first-order valence-electron chi connectivity index (χ1n) is 7.16. The molecular formula is C16H23N3O3. The van der Waals surface area contributed by atoms with Gasteiger partial charge in [-0.25, -0.2) is 0 Å². The van der Waals surface area contributed by atoms with Crippen LogP contribution in [0.15, 0.2) is 18.2 Å². The number of nitrogens with one attached hydrogen (secondary N) is 3. The van der Waals surface area contributed by atoms with Gasteiger partial charge in [0.15, 0.2) is 0 Å². The molecule has 1 rings (SSSR count). The number of carbonyl (C=O) groups excluding carboxylic acids is 3. The predicted octanol–water partition coefficient (Wildman–Crippen LogP) is 2.52. The minimum Gasteiger partial charge on any atom is -0.347 e. The van der Waals surface area contributed by atoms with Gasteiger partial charge in [-0.2, -0.15) is 0 Å². The van der Waals surface area contributed by atoms with Crippen molar-refractivity contribution in [1.29, 1.82) is 0 Å². The molecule has 1 aromatic rings. The lowest BCUT2D eigenvalue weighted by Crippen LogP contribution is -2.43. The van der Waals surface area contributed by atoms with Gasteiger partial charge in [0.25, 0.3) is 5.91 Å². The Kier molecular flexibility index (Phi) is 5.68. The number of amides is 3. The Labute approximate surface area is 130 Å². The van der Waals surface area contributed by atoms with Gasteiger partial charge in [-0.05, 0) is 38.5 Å². The zero-order valence-corrected chi connectivity index (χ0v) is 13.7. The van der Waals surface area contributed by atoms with E-state index in [1.54, 1.807) is 18.2 Å². The maximum absolute atomic E-state index is 12.4. The van der Waals surface area contributed by atoms with Crippen LogP contribution in [0.2, 0.25) is 0 Å². The smallest absolute Gasteiger partial charge is 0.253 e. The van der Waals surface area contributed by atoms with Crippen molar-refractivity contribution in [2.24, 2.45) is 0 Å². The van der Waals surface area contributed by atoms with Crippen molar-refractivity contribution in [3.8, 4) is 0 Å². The molecule has 0 saturated heterocycles. The molecule has 0 fully saturated rings. The molecular weight excluding hydrogens is 282 g/mol. The normalized spacial score (nSPS) is 10.8. The molecule has 120 valence electrons. The number of hydrogen-bond acceptors (Lipinski definition) is 3. The fourth-order valence-electron chi connectivity index (χ4n) is 1.78. The van der Waals surface area contributed by atoms with Crippen LogP contribution in [0.25, 0.3) is 0 Å². The highest BCUT2D eigenvalue weighted by Gasteiger charge is 2.21. The van der Waals surface area contributed by atoms with Gasteiger partial charge in [-0.3, -0.25) is 14.4 Å². The third-order valence-corrected chi connectivity index (χ3v) is 3.23. The lowest BCUT2D eigenvalue weighted by molar-refractivity contribution is -0.115. The average molecular weight is 305 g/mol. The molecule has 0 bridgehead atoms. The summed E-state index contributed by atoms with van der Waals surface area (Å²) in [5.74, 6) is -0.785. The summed E-state index contributed by atoms with van der Waals surface area (Å²) in [6.07, 6.45) is 0.776. The van der Waals surface area contributed by atoms with Crippen LogP contribution in [0.5, 0.6) is 0 Å². The first-order chi connectivity index (χ1) is 10.1. The van der Waals surface area contributed by atoms with E-state index in [2.05, 4.69) is 16.0 Å². The number of rotatable bonds is 5. The molecule has 0 aromatic heterocycles. The molecule has 6 heteroatoms. The van der Waals surface area contributed by atoms with Crippen LogP contribution in [-0.2, 0) is 9.59 Å². The highest BCUT2D eigenvalue weighted by molar-refractivity contribution is 6.04. The van der Waals surface area contributed by atoms with Crippen molar-refractivity contribution in [2.75, 3.05) is 10.6 Å². The van der Waals surface area contributed by atoms with Crippen LogP contribution in [0.4, 0.5) is 11.4 Å². The zero-order valence-electron chi connectivity index (χ0n) is 13.7. The van der Waals surface area contributed by atoms with Crippen molar-refractivity contribution in [1.82, 2.24) is 5.32 Å². The van der Waals surface area contributed by atoms with Gasteiger partial charge >= 0.3 is 0 Å². The van der Waals surface area contributed by atoms with Crippen LogP contribution >= 0.6 is 0 Å². The molecule has 0 radical (unpaired) electrons. The van der Waals surface area contributed by atoms with Crippen LogP contribution in [0.1, 0.15) is 51.4 Å². The fourth-order valence-corrected chi connectivity index (χ4v) is 1.78. The Morgan fingerprint density at radius 2 is 1.64 bits per heavy atom. The Bertz CT molecular complexity index is 594. The summed E-state index contributed by atoms with van der Waals surface area (Å²) in [6, 6.07) is 4.77. The third kappa shape index (κ3) is 5.20. The Hall–Kier alpha value is -2.37. The molecule has 0 aliphatic heterocycles. The highest BCUT2D eigenvalue weighted by atomic mass is 16.2. The number of benzene rings is 1. The molecule has 6 nitrogen and oxygen atoms in total. The average Bonchev–Trinajstić information content (AvgIpc) is 2.36. The van der Waals surface area contributed by atoms with Crippen LogP contribution in [0, 0.1) is 0 Å². The lowest BCUT2D eigenvalue weighted by Gasteiger charge is -2.25. The molecule has 0 atom stereocenters. The molecule has 0 unspecified atom stereocenters. The van der Waals surface area contributed by atoms with E-state index in [0.29, 0.717) is 16.9 Å². The van der Waals surface area contributed by atoms with E-state index < -0.39 is 0 Å². The Morgan fingerprint density at radius 1 is 1.05 bits per heavy atom. The maximum Gasteiger partial charge on any atom is 0.253 e. The summed E-state index contributed by atoms with van der Waals surface area (Å²) in [4.78, 5) is 34.9. The predicted molar refractivity (Wildman–Crippen MR) is 86.9 cm³/mol. The summed E-state index contributed by atoms with van der Waals surface area (Å²) in [5, 5.41) is 8.16. The topological polar surface area (TPSA) is 87.3 Å². The summed E-state index contributed by atoms with van der Waals surface area (Å²) >= 11 is 0. The molecule has 0 aliphatic rings. The molecule has 0 saturated carbocycles. The van der Waals surface area contributed by atoms with E-state index in [-0.39, 0.29) is 23.3 Å². The Morgan fingerprint density at radius 3 is 2.14 bits per heavy atom. The molecule has 0 spiro atoms. The minimum atomic E-state index is -0.346. The van der Waals surface area contributed by atoms with Crippen molar-refractivity contribution >= 4 is 29.1 Å². The van der Waals surface area contributed by atoms with Gasteiger partial charge in [0, 0.05) is 25.1 Å². The largest absolute Gasteiger partial charge is 0.347 e. The number of anilines is 2. The highest BCUT2D eigenvalue weighted by Crippen LogP contribution is 2.22. The molecule has 0 aliphatic carbocycles. The summed E-state index contributed by atoms with van der Waals surface area (Å²) in [6.45, 7) is 8.59. The van der Waals surface area contributed by atoms with Crippen molar-refractivity contribution in [2.45, 2.75) is 46.6 Å². The molecule has 3 N–H and O–H groups in total. The van der Waals surface area contributed by atoms with E-state index in [1.807, 2.05) is 20.8 Å². The quantitative estimate of drug-likeness (QED) is 0.781. The first-order valence-corrected chi connectivity index (χ1v) is 7.16. The SMILES string of the molecule is CCC(C)(C)NC(=O)c1ccc(NC(C)=O)cc1NC(C)=O. The van der Waals surface area contributed by atoms with Gasteiger partial charge in [-0.1, -0.05) is 6.92 Å². The van der Waals surface area contributed by atoms with Crippen molar-refractivity contribution < 1.29 is 14.4 Å². The second kappa shape index (κ2) is 7.06. The van der Waals surface area contributed by atoms with E-state index in [4.69, 9.17) is 0 Å². The summed E-state index contributed by atoms with van der Waals surface area (Å²) in [5.41, 5.74) is 0.887. The third-order valence-electron chi connectivity index (χ3n) is 3.23. The van der Waals surface area contributed by atoms with Crippen molar-refractivity contribution in [3.05, 3.63) is 23.8 Å². The second-order valence-corrected chi connectivity index (χ2v) is 5.81. The fraction of sp³-hybridized carbons (Fsp3) is 0.438. The number of hydrogen-bond donors (Lipinski definition) is 3. The van der Waals surface area contributed by atoms with Crippen molar-refractivity contribution in [3.63, 3.8) is 0 Å².